The summed E-state index contributed by atoms with van der Waals surface area (Å²) in [6.45, 7) is 5.77. The molecule has 1 aliphatic rings. The van der Waals surface area contributed by atoms with Gasteiger partial charge in [0.05, 0.1) is 17.0 Å². The minimum absolute atomic E-state index is 0.0198. The lowest BCUT2D eigenvalue weighted by Gasteiger charge is -2.20. The molecule has 0 unspecified atom stereocenters. The van der Waals surface area contributed by atoms with Crippen LogP contribution in [0, 0.1) is 0 Å². The first-order valence-corrected chi connectivity index (χ1v) is 10.6. The van der Waals surface area contributed by atoms with Crippen LogP contribution in [0.5, 0.6) is 0 Å². The average Bonchev–Trinajstić information content (AvgIpc) is 2.98. The maximum absolute atomic E-state index is 12.9. The lowest BCUT2D eigenvalue weighted by molar-refractivity contribution is 0.0684. The molecule has 0 radical (unpaired) electrons. The summed E-state index contributed by atoms with van der Waals surface area (Å²) in [6, 6.07) is 6.64. The molecular weight excluding hydrogens is 418 g/mol. The lowest BCUT2D eigenvalue weighted by Crippen LogP contribution is -2.38. The Kier molecular flexibility index (Phi) is 4.84. The van der Waals surface area contributed by atoms with Crippen molar-refractivity contribution in [2.24, 2.45) is 14.1 Å². The Balaban J connectivity index is 1.82. The molecule has 0 aliphatic carbocycles. The Hall–Kier alpha value is -3.27. The van der Waals surface area contributed by atoms with E-state index in [9.17, 15) is 19.2 Å². The summed E-state index contributed by atoms with van der Waals surface area (Å²) in [5, 5.41) is 0.502. The summed E-state index contributed by atoms with van der Waals surface area (Å²) in [4.78, 5) is 60.9. The van der Waals surface area contributed by atoms with Gasteiger partial charge in [0.2, 0.25) is 0 Å². The maximum atomic E-state index is 12.9. The molecule has 10 heteroatoms. The van der Waals surface area contributed by atoms with Crippen molar-refractivity contribution in [3.05, 3.63) is 62.1 Å². The third-order valence-corrected chi connectivity index (χ3v) is 6.10. The molecule has 2 amide bonds. The second-order valence-electron chi connectivity index (χ2n) is 8.36. The van der Waals surface area contributed by atoms with E-state index in [1.54, 1.807) is 31.3 Å². The third kappa shape index (κ3) is 3.27. The molecule has 0 N–H and O–H groups in total. The number of fused-ring (bicyclic) bond motifs is 2. The van der Waals surface area contributed by atoms with Crippen LogP contribution < -0.4 is 11.2 Å². The molecule has 0 saturated carbocycles. The molecule has 0 bridgehead atoms. The number of aryl methyl sites for hydroxylation is 1. The minimum atomic E-state index is -0.525. The molecule has 0 atom stereocenters. The van der Waals surface area contributed by atoms with Gasteiger partial charge in [-0.3, -0.25) is 28.4 Å². The first-order valence-electron chi connectivity index (χ1n) is 9.58. The van der Waals surface area contributed by atoms with Gasteiger partial charge in [0.1, 0.15) is 16.2 Å². The molecule has 31 heavy (non-hydrogen) atoms. The van der Waals surface area contributed by atoms with Crippen LogP contribution >= 0.6 is 11.8 Å². The van der Waals surface area contributed by atoms with Gasteiger partial charge in [-0.05, 0) is 12.1 Å². The van der Waals surface area contributed by atoms with Gasteiger partial charge in [-0.1, -0.05) is 44.7 Å². The standard InChI is InChI=1S/C21H21N5O4S/c1-21(2,3)19-22-14-13(18(29)25(5)20(30)24(14)4)15(23-19)31-10-26-16(27)11-8-6-7-9-12(11)17(26)28/h6-9H,10H2,1-5H3. The summed E-state index contributed by atoms with van der Waals surface area (Å²) >= 11 is 1.10. The number of carbonyl (C=O) groups excluding carboxylic acids is 2. The molecule has 0 saturated heterocycles. The lowest BCUT2D eigenvalue weighted by atomic mass is 9.96. The van der Waals surface area contributed by atoms with Crippen LogP contribution in [0.25, 0.3) is 11.0 Å². The van der Waals surface area contributed by atoms with Crippen molar-refractivity contribution in [1.29, 1.82) is 0 Å². The van der Waals surface area contributed by atoms with Gasteiger partial charge in [0.15, 0.2) is 5.65 Å². The topological polar surface area (TPSA) is 107 Å². The molecule has 2 aromatic heterocycles. The zero-order chi connectivity index (χ0) is 22.7. The number of imide groups is 1. The van der Waals surface area contributed by atoms with E-state index in [4.69, 9.17) is 0 Å². The van der Waals surface area contributed by atoms with E-state index in [-0.39, 0.29) is 28.7 Å². The van der Waals surface area contributed by atoms with Crippen LogP contribution in [0.1, 0.15) is 47.3 Å². The first-order chi connectivity index (χ1) is 14.5. The van der Waals surface area contributed by atoms with Gasteiger partial charge in [-0.2, -0.15) is 0 Å². The molecule has 1 aromatic carbocycles. The predicted octanol–water partition coefficient (Wildman–Crippen LogP) is 1.67. The second-order valence-corrected chi connectivity index (χ2v) is 9.30. The third-order valence-electron chi connectivity index (χ3n) is 5.15. The van der Waals surface area contributed by atoms with Crippen LogP contribution in [0.4, 0.5) is 0 Å². The fourth-order valence-corrected chi connectivity index (χ4v) is 4.31. The largest absolute Gasteiger partial charge is 0.332 e. The highest BCUT2D eigenvalue weighted by Crippen LogP contribution is 2.30. The van der Waals surface area contributed by atoms with Gasteiger partial charge in [-0.25, -0.2) is 14.8 Å². The summed E-state index contributed by atoms with van der Waals surface area (Å²) in [6.07, 6.45) is 0. The van der Waals surface area contributed by atoms with E-state index < -0.39 is 16.7 Å². The molecular formula is C21H21N5O4S. The van der Waals surface area contributed by atoms with E-state index in [1.807, 2.05) is 20.8 Å². The minimum Gasteiger partial charge on any atom is -0.280 e. The van der Waals surface area contributed by atoms with E-state index in [2.05, 4.69) is 9.97 Å². The summed E-state index contributed by atoms with van der Waals surface area (Å²) in [5.41, 5.74) is -0.534. The van der Waals surface area contributed by atoms with Crippen molar-refractivity contribution in [3.8, 4) is 0 Å². The number of thioether (sulfide) groups is 1. The molecule has 0 fully saturated rings. The van der Waals surface area contributed by atoms with E-state index in [0.717, 1.165) is 21.2 Å². The number of nitrogens with zero attached hydrogens (tertiary/aromatic N) is 5. The van der Waals surface area contributed by atoms with E-state index in [0.29, 0.717) is 22.0 Å². The highest BCUT2D eigenvalue weighted by molar-refractivity contribution is 7.99. The number of benzene rings is 1. The Bertz CT molecular complexity index is 1350. The number of amides is 2. The number of carbonyl (C=O) groups is 2. The first kappa shape index (κ1) is 21.0. The fraction of sp³-hybridized carbons (Fsp3) is 0.333. The van der Waals surface area contributed by atoms with Crippen molar-refractivity contribution in [2.45, 2.75) is 31.2 Å². The zero-order valence-electron chi connectivity index (χ0n) is 17.8. The number of rotatable bonds is 3. The average molecular weight is 439 g/mol. The summed E-state index contributed by atoms with van der Waals surface area (Å²) < 4.78 is 2.30. The normalized spacial score (nSPS) is 13.9. The fourth-order valence-electron chi connectivity index (χ4n) is 3.35. The number of hydrogen-bond acceptors (Lipinski definition) is 7. The Morgan fingerprint density at radius 2 is 1.48 bits per heavy atom. The number of hydrogen-bond donors (Lipinski definition) is 0. The monoisotopic (exact) mass is 439 g/mol. The predicted molar refractivity (Wildman–Crippen MR) is 116 cm³/mol. The molecule has 4 rings (SSSR count). The molecule has 9 nitrogen and oxygen atoms in total. The van der Waals surface area contributed by atoms with Crippen LogP contribution in [-0.4, -0.2) is 41.7 Å². The van der Waals surface area contributed by atoms with Crippen LogP contribution in [0.15, 0.2) is 38.9 Å². The molecule has 3 heterocycles. The van der Waals surface area contributed by atoms with Crippen molar-refractivity contribution in [1.82, 2.24) is 24.0 Å². The Labute approximate surface area is 181 Å². The van der Waals surface area contributed by atoms with Gasteiger partial charge >= 0.3 is 5.69 Å². The van der Waals surface area contributed by atoms with Gasteiger partial charge in [0, 0.05) is 19.5 Å². The van der Waals surface area contributed by atoms with Gasteiger partial charge < -0.3 is 0 Å². The van der Waals surface area contributed by atoms with Crippen molar-refractivity contribution in [3.63, 3.8) is 0 Å². The van der Waals surface area contributed by atoms with E-state index in [1.165, 1.54) is 11.6 Å². The van der Waals surface area contributed by atoms with Gasteiger partial charge in [-0.15, -0.1) is 0 Å². The van der Waals surface area contributed by atoms with Crippen LogP contribution in [0.2, 0.25) is 0 Å². The Morgan fingerprint density at radius 3 is 2.03 bits per heavy atom. The second kappa shape index (κ2) is 7.16. The van der Waals surface area contributed by atoms with E-state index >= 15 is 0 Å². The molecule has 1 aliphatic heterocycles. The zero-order valence-corrected chi connectivity index (χ0v) is 18.6. The maximum Gasteiger partial charge on any atom is 0.332 e. The molecule has 160 valence electrons. The van der Waals surface area contributed by atoms with Crippen molar-refractivity contribution in [2.75, 3.05) is 5.88 Å². The van der Waals surface area contributed by atoms with Crippen LogP contribution in [-0.2, 0) is 19.5 Å². The van der Waals surface area contributed by atoms with Crippen LogP contribution in [0.3, 0.4) is 0 Å². The SMILES string of the molecule is Cn1c(=O)c2c(SCN3C(=O)c4ccccc4C3=O)nc(C(C)(C)C)nc2n(C)c1=O. The Morgan fingerprint density at radius 1 is 0.903 bits per heavy atom. The molecule has 0 spiro atoms. The highest BCUT2D eigenvalue weighted by Gasteiger charge is 2.35. The highest BCUT2D eigenvalue weighted by atomic mass is 32.2. The molecule has 3 aromatic rings. The van der Waals surface area contributed by atoms with Crippen molar-refractivity contribution >= 4 is 34.6 Å². The number of aromatic nitrogens is 4. The summed E-state index contributed by atoms with van der Waals surface area (Å²) in [7, 11) is 2.93. The summed E-state index contributed by atoms with van der Waals surface area (Å²) in [5.74, 6) is -0.340. The van der Waals surface area contributed by atoms with Crippen molar-refractivity contribution < 1.29 is 9.59 Å². The quantitative estimate of drug-likeness (QED) is 0.347. The smallest absolute Gasteiger partial charge is 0.280 e. The van der Waals surface area contributed by atoms with Gasteiger partial charge in [0.25, 0.3) is 17.4 Å².